The van der Waals surface area contributed by atoms with E-state index in [0.29, 0.717) is 16.8 Å². The van der Waals surface area contributed by atoms with Crippen LogP contribution in [0.15, 0.2) is 35.7 Å². The number of aromatic nitrogens is 3. The highest BCUT2D eigenvalue weighted by molar-refractivity contribution is 7.99. The van der Waals surface area contributed by atoms with E-state index < -0.39 is 0 Å². The molecule has 25 heavy (non-hydrogen) atoms. The quantitative estimate of drug-likeness (QED) is 0.693. The Morgan fingerprint density at radius 3 is 2.60 bits per heavy atom. The monoisotopic (exact) mass is 362 g/mol. The second kappa shape index (κ2) is 9.46. The lowest BCUT2D eigenvalue weighted by molar-refractivity contribution is -0.119. The number of rotatable bonds is 9. The van der Waals surface area contributed by atoms with Crippen LogP contribution < -0.4 is 10.1 Å². The Labute approximate surface area is 153 Å². The Hall–Kier alpha value is -2.02. The largest absolute Gasteiger partial charge is 0.497 e. The van der Waals surface area contributed by atoms with Gasteiger partial charge in [0.25, 0.3) is 0 Å². The van der Waals surface area contributed by atoms with Crippen LogP contribution >= 0.6 is 11.8 Å². The molecule has 136 valence electrons. The summed E-state index contributed by atoms with van der Waals surface area (Å²) in [6, 6.07) is 7.82. The minimum absolute atomic E-state index is 0.0190. The molecule has 1 amide bonds. The Morgan fingerprint density at radius 1 is 1.24 bits per heavy atom. The molecule has 0 saturated carbocycles. The number of hydrogen-bond acceptors (Lipinski definition) is 5. The van der Waals surface area contributed by atoms with Crippen molar-refractivity contribution >= 4 is 17.7 Å². The first kappa shape index (κ1) is 19.3. The van der Waals surface area contributed by atoms with Gasteiger partial charge in [-0.2, -0.15) is 0 Å². The van der Waals surface area contributed by atoms with E-state index in [1.165, 1.54) is 11.8 Å². The van der Waals surface area contributed by atoms with E-state index in [2.05, 4.69) is 29.4 Å². The van der Waals surface area contributed by atoms with Crippen molar-refractivity contribution in [3.8, 4) is 11.4 Å². The van der Waals surface area contributed by atoms with Crippen molar-refractivity contribution in [2.45, 2.75) is 44.8 Å². The van der Waals surface area contributed by atoms with Gasteiger partial charge in [-0.25, -0.2) is 0 Å². The molecule has 0 aliphatic carbocycles. The molecule has 0 saturated heterocycles. The number of amides is 1. The molecule has 1 aromatic heterocycles. The second-order valence-electron chi connectivity index (χ2n) is 6.41. The van der Waals surface area contributed by atoms with Crippen LogP contribution in [-0.2, 0) is 4.79 Å². The zero-order chi connectivity index (χ0) is 18.2. The Balaban J connectivity index is 1.89. The molecule has 1 unspecified atom stereocenters. The summed E-state index contributed by atoms with van der Waals surface area (Å²) < 4.78 is 7.03. The number of nitrogens with one attached hydrogen (secondary N) is 1. The van der Waals surface area contributed by atoms with Crippen molar-refractivity contribution in [2.75, 3.05) is 12.9 Å². The van der Waals surface area contributed by atoms with Gasteiger partial charge in [0.15, 0.2) is 5.16 Å². The topological polar surface area (TPSA) is 69.0 Å². The summed E-state index contributed by atoms with van der Waals surface area (Å²) in [5.74, 6) is 1.78. The SMILES string of the molecule is COc1ccc(-n2cnnc2SCC(=O)NC(C)CCC(C)C)cc1. The summed E-state index contributed by atoms with van der Waals surface area (Å²) >= 11 is 1.38. The smallest absolute Gasteiger partial charge is 0.230 e. The number of carbonyl (C=O) groups is 1. The fourth-order valence-electron chi connectivity index (χ4n) is 2.34. The predicted octanol–water partition coefficient (Wildman–Crippen LogP) is 3.31. The van der Waals surface area contributed by atoms with Crippen molar-refractivity contribution in [2.24, 2.45) is 5.92 Å². The molecule has 2 aromatic rings. The molecular formula is C18H26N4O2S. The summed E-state index contributed by atoms with van der Waals surface area (Å²) in [5, 5.41) is 11.8. The molecule has 0 bridgehead atoms. The van der Waals surface area contributed by atoms with Gasteiger partial charge >= 0.3 is 0 Å². The van der Waals surface area contributed by atoms with Gasteiger partial charge in [-0.3, -0.25) is 9.36 Å². The lowest BCUT2D eigenvalue weighted by Gasteiger charge is -2.15. The summed E-state index contributed by atoms with van der Waals surface area (Å²) in [7, 11) is 1.63. The van der Waals surface area contributed by atoms with E-state index in [1.54, 1.807) is 13.4 Å². The van der Waals surface area contributed by atoms with Crippen LogP contribution in [0.5, 0.6) is 5.75 Å². The molecule has 7 heteroatoms. The Morgan fingerprint density at radius 2 is 1.96 bits per heavy atom. The van der Waals surface area contributed by atoms with Crippen molar-refractivity contribution < 1.29 is 9.53 Å². The van der Waals surface area contributed by atoms with Gasteiger partial charge in [0.1, 0.15) is 12.1 Å². The zero-order valence-electron chi connectivity index (χ0n) is 15.2. The maximum atomic E-state index is 12.1. The van der Waals surface area contributed by atoms with Gasteiger partial charge in [-0.15, -0.1) is 10.2 Å². The molecule has 1 aromatic carbocycles. The Bertz CT molecular complexity index is 670. The van der Waals surface area contributed by atoms with Crippen LogP contribution in [0.25, 0.3) is 5.69 Å². The lowest BCUT2D eigenvalue weighted by Crippen LogP contribution is -2.34. The zero-order valence-corrected chi connectivity index (χ0v) is 16.0. The molecule has 2 rings (SSSR count). The summed E-state index contributed by atoms with van der Waals surface area (Å²) in [6.07, 6.45) is 3.75. The minimum Gasteiger partial charge on any atom is -0.497 e. The normalized spacial score (nSPS) is 12.2. The highest BCUT2D eigenvalue weighted by atomic mass is 32.2. The molecule has 0 aliphatic heterocycles. The van der Waals surface area contributed by atoms with Gasteiger partial charge in [0.2, 0.25) is 5.91 Å². The molecule has 1 heterocycles. The van der Waals surface area contributed by atoms with Crippen LogP contribution in [0.3, 0.4) is 0 Å². The average molecular weight is 362 g/mol. The molecule has 1 N–H and O–H groups in total. The minimum atomic E-state index is 0.0190. The van der Waals surface area contributed by atoms with E-state index in [-0.39, 0.29) is 11.9 Å². The van der Waals surface area contributed by atoms with Gasteiger partial charge in [-0.1, -0.05) is 25.6 Å². The van der Waals surface area contributed by atoms with E-state index in [4.69, 9.17) is 4.74 Å². The standard InChI is InChI=1S/C18H26N4O2S/c1-13(2)5-6-14(3)20-17(23)11-25-18-21-19-12-22(18)15-7-9-16(24-4)10-8-15/h7-10,12-14H,5-6,11H2,1-4H3,(H,20,23). The third kappa shape index (κ3) is 6.08. The van der Waals surface area contributed by atoms with Gasteiger partial charge in [0.05, 0.1) is 12.9 Å². The van der Waals surface area contributed by atoms with Gasteiger partial charge < -0.3 is 10.1 Å². The number of ether oxygens (including phenoxy) is 1. The third-order valence-corrected chi connectivity index (χ3v) is 4.73. The molecule has 0 aliphatic rings. The third-order valence-electron chi connectivity index (χ3n) is 3.78. The number of carbonyl (C=O) groups excluding carboxylic acids is 1. The maximum Gasteiger partial charge on any atom is 0.230 e. The van der Waals surface area contributed by atoms with Gasteiger partial charge in [0, 0.05) is 11.7 Å². The molecule has 0 radical (unpaired) electrons. The van der Waals surface area contributed by atoms with Crippen LogP contribution in [0.4, 0.5) is 0 Å². The molecule has 0 spiro atoms. The fourth-order valence-corrected chi connectivity index (χ4v) is 3.08. The number of benzene rings is 1. The number of hydrogen-bond donors (Lipinski definition) is 1. The first-order valence-electron chi connectivity index (χ1n) is 8.46. The summed E-state index contributed by atoms with van der Waals surface area (Å²) in [4.78, 5) is 12.1. The van der Waals surface area contributed by atoms with E-state index in [1.807, 2.05) is 35.8 Å². The number of nitrogens with zero attached hydrogens (tertiary/aromatic N) is 3. The Kier molecular flexibility index (Phi) is 7.31. The van der Waals surface area contributed by atoms with Crippen LogP contribution in [-0.4, -0.2) is 39.6 Å². The molecule has 6 nitrogen and oxygen atoms in total. The van der Waals surface area contributed by atoms with Crippen LogP contribution in [0, 0.1) is 5.92 Å². The van der Waals surface area contributed by atoms with E-state index in [9.17, 15) is 4.79 Å². The van der Waals surface area contributed by atoms with E-state index >= 15 is 0 Å². The average Bonchev–Trinajstić information content (AvgIpc) is 3.07. The highest BCUT2D eigenvalue weighted by Gasteiger charge is 2.12. The van der Waals surface area contributed by atoms with Crippen molar-refractivity contribution in [3.05, 3.63) is 30.6 Å². The van der Waals surface area contributed by atoms with E-state index in [0.717, 1.165) is 24.3 Å². The lowest BCUT2D eigenvalue weighted by atomic mass is 10.0. The number of thioether (sulfide) groups is 1. The van der Waals surface area contributed by atoms with Crippen molar-refractivity contribution in [1.29, 1.82) is 0 Å². The molecule has 1 atom stereocenters. The van der Waals surface area contributed by atoms with Gasteiger partial charge in [-0.05, 0) is 49.9 Å². The molecule has 0 fully saturated rings. The van der Waals surface area contributed by atoms with Crippen LogP contribution in [0.2, 0.25) is 0 Å². The summed E-state index contributed by atoms with van der Waals surface area (Å²) in [5.41, 5.74) is 0.930. The first-order chi connectivity index (χ1) is 12.0. The maximum absolute atomic E-state index is 12.1. The van der Waals surface area contributed by atoms with Crippen molar-refractivity contribution in [1.82, 2.24) is 20.1 Å². The second-order valence-corrected chi connectivity index (χ2v) is 7.35. The number of methoxy groups -OCH3 is 1. The highest BCUT2D eigenvalue weighted by Crippen LogP contribution is 2.21. The fraction of sp³-hybridized carbons (Fsp3) is 0.500. The van der Waals surface area contributed by atoms with Crippen LogP contribution in [0.1, 0.15) is 33.6 Å². The summed E-state index contributed by atoms with van der Waals surface area (Å²) in [6.45, 7) is 6.43. The first-order valence-corrected chi connectivity index (χ1v) is 9.44. The van der Waals surface area contributed by atoms with Crippen molar-refractivity contribution in [3.63, 3.8) is 0 Å². The molecular weight excluding hydrogens is 336 g/mol. The predicted molar refractivity (Wildman–Crippen MR) is 100 cm³/mol.